The maximum Gasteiger partial charge on any atom is 0.304 e. The third-order valence-corrected chi connectivity index (χ3v) is 8.50. The first-order chi connectivity index (χ1) is 19.2. The minimum Gasteiger partial charge on any atom is -0.481 e. The number of morpholine rings is 1. The van der Waals surface area contributed by atoms with Crippen molar-refractivity contribution in [2.75, 3.05) is 39.4 Å². The molecule has 0 saturated carbocycles. The Labute approximate surface area is 238 Å². The molecule has 2 rings (SSSR count). The van der Waals surface area contributed by atoms with Gasteiger partial charge in [-0.1, -0.05) is 82.2 Å². The van der Waals surface area contributed by atoms with Crippen LogP contribution in [0.25, 0.3) is 0 Å². The molecule has 2 amide bonds. The number of carbonyl (C=O) groups is 3. The molecule has 0 unspecified atom stereocenters. The van der Waals surface area contributed by atoms with Crippen LogP contribution in [0.1, 0.15) is 70.3 Å². The maximum absolute atomic E-state index is 13.2. The van der Waals surface area contributed by atoms with Gasteiger partial charge in [0.05, 0.1) is 19.6 Å². The van der Waals surface area contributed by atoms with Crippen LogP contribution in [-0.2, 0) is 35.8 Å². The zero-order valence-electron chi connectivity index (χ0n) is 23.6. The van der Waals surface area contributed by atoms with Gasteiger partial charge >= 0.3 is 5.97 Å². The van der Waals surface area contributed by atoms with Crippen molar-refractivity contribution in [2.45, 2.75) is 77.2 Å². The lowest BCUT2D eigenvalue weighted by atomic mass is 9.95. The van der Waals surface area contributed by atoms with Crippen molar-refractivity contribution in [3.05, 3.63) is 35.9 Å². The van der Waals surface area contributed by atoms with E-state index in [-0.39, 0.29) is 39.0 Å². The predicted molar refractivity (Wildman–Crippen MR) is 153 cm³/mol. The van der Waals surface area contributed by atoms with Gasteiger partial charge in [-0.15, -0.1) is 0 Å². The molecule has 1 saturated heterocycles. The molecule has 1 aromatic rings. The summed E-state index contributed by atoms with van der Waals surface area (Å²) in [6, 6.07) is 8.27. The Morgan fingerprint density at radius 1 is 0.950 bits per heavy atom. The lowest BCUT2D eigenvalue weighted by Gasteiger charge is -2.26. The molecule has 226 valence electrons. The van der Waals surface area contributed by atoms with E-state index >= 15 is 0 Å². The summed E-state index contributed by atoms with van der Waals surface area (Å²) in [4.78, 5) is 37.7. The van der Waals surface area contributed by atoms with Crippen LogP contribution in [0, 0.1) is 5.92 Å². The molecule has 0 radical (unpaired) electrons. The summed E-state index contributed by atoms with van der Waals surface area (Å²) in [6.07, 6.45) is 7.77. The zero-order valence-corrected chi connectivity index (χ0v) is 24.4. The molecule has 1 heterocycles. The van der Waals surface area contributed by atoms with Gasteiger partial charge < -0.3 is 20.5 Å². The highest BCUT2D eigenvalue weighted by atomic mass is 32.2. The fourth-order valence-corrected chi connectivity index (χ4v) is 5.77. The molecule has 2 atom stereocenters. The van der Waals surface area contributed by atoms with Crippen LogP contribution in [0.15, 0.2) is 30.3 Å². The van der Waals surface area contributed by atoms with Crippen molar-refractivity contribution in [2.24, 2.45) is 5.92 Å². The fourth-order valence-electron chi connectivity index (χ4n) is 4.60. The molecule has 4 N–H and O–H groups in total. The van der Waals surface area contributed by atoms with E-state index < -0.39 is 40.0 Å². The number of carbonyl (C=O) groups excluding carboxylic acids is 2. The Morgan fingerprint density at radius 3 is 2.25 bits per heavy atom. The summed E-state index contributed by atoms with van der Waals surface area (Å²) >= 11 is 0. The van der Waals surface area contributed by atoms with Gasteiger partial charge in [-0.2, -0.15) is 12.7 Å². The molecule has 0 aromatic heterocycles. The second-order valence-electron chi connectivity index (χ2n) is 10.2. The Morgan fingerprint density at radius 2 is 1.60 bits per heavy atom. The molecule has 0 bridgehead atoms. The van der Waals surface area contributed by atoms with E-state index in [1.54, 1.807) is 0 Å². The highest BCUT2D eigenvalue weighted by Crippen LogP contribution is 2.17. The van der Waals surface area contributed by atoms with Crippen molar-refractivity contribution in [3.8, 4) is 0 Å². The van der Waals surface area contributed by atoms with Gasteiger partial charge in [0.1, 0.15) is 6.04 Å². The van der Waals surface area contributed by atoms with Gasteiger partial charge in [0, 0.05) is 38.5 Å². The van der Waals surface area contributed by atoms with E-state index in [0.717, 1.165) is 31.2 Å². The van der Waals surface area contributed by atoms with Gasteiger partial charge in [-0.05, 0) is 12.0 Å². The highest BCUT2D eigenvalue weighted by Gasteiger charge is 2.28. The molecule has 11 nitrogen and oxygen atoms in total. The maximum atomic E-state index is 13.2. The number of carboxylic acid groups (broad SMARTS) is 1. The SMILES string of the molecule is CCCCCCCCC[C@@H](CC(=O)O)C(=O)N[C@H](Cc1ccccc1)C(=O)NCCNS(=O)(=O)N1CCOCC1. The van der Waals surface area contributed by atoms with Gasteiger partial charge in [-0.3, -0.25) is 14.4 Å². The first-order valence-electron chi connectivity index (χ1n) is 14.4. The number of nitrogens with one attached hydrogen (secondary N) is 3. The molecule has 0 aliphatic carbocycles. The average Bonchev–Trinajstić information content (AvgIpc) is 2.94. The Kier molecular flexibility index (Phi) is 15.8. The monoisotopic (exact) mass is 582 g/mol. The number of carboxylic acids is 1. The quantitative estimate of drug-likeness (QED) is 0.172. The Bertz CT molecular complexity index is 1000. The number of nitrogens with zero attached hydrogens (tertiary/aromatic N) is 1. The second-order valence-corrected chi connectivity index (χ2v) is 11.9. The van der Waals surface area contributed by atoms with Crippen LogP contribution in [0.2, 0.25) is 0 Å². The normalized spacial score (nSPS) is 15.7. The van der Waals surface area contributed by atoms with E-state index in [1.165, 1.54) is 23.6 Å². The number of amides is 2. The number of benzene rings is 1. The second kappa shape index (κ2) is 18.7. The predicted octanol–water partition coefficient (Wildman–Crippen LogP) is 2.23. The summed E-state index contributed by atoms with van der Waals surface area (Å²) in [5.41, 5.74) is 0.831. The summed E-state index contributed by atoms with van der Waals surface area (Å²) in [7, 11) is -3.68. The van der Waals surface area contributed by atoms with Crippen LogP contribution in [0.3, 0.4) is 0 Å². The van der Waals surface area contributed by atoms with Crippen molar-refractivity contribution < 1.29 is 32.6 Å². The molecular formula is C28H46N4O7S. The topological polar surface area (TPSA) is 154 Å². The molecule has 1 aliphatic rings. The molecular weight excluding hydrogens is 536 g/mol. The van der Waals surface area contributed by atoms with Gasteiger partial charge in [0.2, 0.25) is 11.8 Å². The van der Waals surface area contributed by atoms with E-state index in [2.05, 4.69) is 22.3 Å². The molecule has 1 fully saturated rings. The minimum absolute atomic E-state index is 0.0165. The molecule has 12 heteroatoms. The van der Waals surface area contributed by atoms with Crippen molar-refractivity contribution >= 4 is 28.0 Å². The first kappa shape index (κ1) is 33.7. The molecule has 1 aromatic carbocycles. The lowest BCUT2D eigenvalue weighted by Crippen LogP contribution is -2.52. The Hall–Kier alpha value is -2.54. The number of rotatable bonds is 20. The summed E-state index contributed by atoms with van der Waals surface area (Å²) < 4.78 is 33.8. The molecule has 1 aliphatic heterocycles. The van der Waals surface area contributed by atoms with Gasteiger partial charge in [0.25, 0.3) is 10.2 Å². The van der Waals surface area contributed by atoms with E-state index in [9.17, 15) is 27.9 Å². The summed E-state index contributed by atoms with van der Waals surface area (Å²) in [5.74, 6) is -2.72. The number of unbranched alkanes of at least 4 members (excludes halogenated alkanes) is 6. The van der Waals surface area contributed by atoms with Crippen molar-refractivity contribution in [3.63, 3.8) is 0 Å². The summed E-state index contributed by atoms with van der Waals surface area (Å²) in [5, 5.41) is 14.9. The number of hydrogen-bond acceptors (Lipinski definition) is 6. The van der Waals surface area contributed by atoms with Crippen LogP contribution >= 0.6 is 0 Å². The average molecular weight is 583 g/mol. The number of aliphatic carboxylic acids is 1. The third kappa shape index (κ3) is 13.2. The minimum atomic E-state index is -3.68. The molecule has 40 heavy (non-hydrogen) atoms. The number of ether oxygens (including phenoxy) is 1. The van der Waals surface area contributed by atoms with Crippen molar-refractivity contribution in [1.29, 1.82) is 0 Å². The standard InChI is InChI=1S/C28H46N4O7S/c1-2-3-4-5-6-7-11-14-24(22-26(33)34)27(35)31-25(21-23-12-9-8-10-13-23)28(36)29-15-16-30-40(37,38)32-17-19-39-20-18-32/h8-10,12-13,24-25,30H,2-7,11,14-22H2,1H3,(H,29,36)(H,31,35)(H,33,34)/t24-,25+/m0/s1. The van der Waals surface area contributed by atoms with E-state index in [4.69, 9.17) is 4.74 Å². The van der Waals surface area contributed by atoms with Crippen LogP contribution in [0.5, 0.6) is 0 Å². The largest absolute Gasteiger partial charge is 0.481 e. The fraction of sp³-hybridized carbons (Fsp3) is 0.679. The highest BCUT2D eigenvalue weighted by molar-refractivity contribution is 7.87. The first-order valence-corrected chi connectivity index (χ1v) is 15.8. The molecule has 0 spiro atoms. The smallest absolute Gasteiger partial charge is 0.304 e. The van der Waals surface area contributed by atoms with E-state index in [0.29, 0.717) is 19.6 Å². The van der Waals surface area contributed by atoms with Crippen LogP contribution < -0.4 is 15.4 Å². The van der Waals surface area contributed by atoms with Crippen molar-refractivity contribution in [1.82, 2.24) is 19.7 Å². The number of hydrogen-bond donors (Lipinski definition) is 4. The zero-order chi connectivity index (χ0) is 29.2. The lowest BCUT2D eigenvalue weighted by molar-refractivity contribution is -0.141. The van der Waals surface area contributed by atoms with Gasteiger partial charge in [-0.25, -0.2) is 4.72 Å². The van der Waals surface area contributed by atoms with Gasteiger partial charge in [0.15, 0.2) is 0 Å². The summed E-state index contributed by atoms with van der Waals surface area (Å²) in [6.45, 7) is 3.37. The van der Waals surface area contributed by atoms with Crippen LogP contribution in [-0.4, -0.2) is 81.0 Å². The third-order valence-electron chi connectivity index (χ3n) is 6.88. The Balaban J connectivity index is 1.94. The van der Waals surface area contributed by atoms with Crippen LogP contribution in [0.4, 0.5) is 0 Å². The van der Waals surface area contributed by atoms with E-state index in [1.807, 2.05) is 30.3 Å².